The first-order valence-corrected chi connectivity index (χ1v) is 7.62. The van der Waals surface area contributed by atoms with Gasteiger partial charge < -0.3 is 15.8 Å². The smallest absolute Gasteiger partial charge is 0.255 e. The Morgan fingerprint density at radius 2 is 1.58 bits per heavy atom. The summed E-state index contributed by atoms with van der Waals surface area (Å²) in [5, 5.41) is 2.88. The molecular formula is C20H18N2O2. The first kappa shape index (κ1) is 15.6. The van der Waals surface area contributed by atoms with E-state index in [1.807, 2.05) is 43.3 Å². The van der Waals surface area contributed by atoms with E-state index in [2.05, 4.69) is 5.32 Å². The average Bonchev–Trinajstić information content (AvgIpc) is 2.60. The molecule has 3 aromatic rings. The number of nitrogen functional groups attached to an aromatic ring is 1. The number of carbonyl (C=O) groups excluding carboxylic acids is 1. The van der Waals surface area contributed by atoms with E-state index >= 15 is 0 Å². The Kier molecular flexibility index (Phi) is 4.47. The largest absolute Gasteiger partial charge is 0.457 e. The monoisotopic (exact) mass is 318 g/mol. The van der Waals surface area contributed by atoms with Gasteiger partial charge in [0.25, 0.3) is 5.91 Å². The Hall–Kier alpha value is -3.27. The van der Waals surface area contributed by atoms with Gasteiger partial charge in [0.2, 0.25) is 0 Å². The summed E-state index contributed by atoms with van der Waals surface area (Å²) in [6.45, 7) is 1.92. The molecule has 0 saturated carbocycles. The Bertz CT molecular complexity index is 843. The summed E-state index contributed by atoms with van der Waals surface area (Å²) >= 11 is 0. The van der Waals surface area contributed by atoms with Gasteiger partial charge in [-0.3, -0.25) is 4.79 Å². The minimum absolute atomic E-state index is 0.185. The summed E-state index contributed by atoms with van der Waals surface area (Å²) in [5.41, 5.74) is 8.61. The fourth-order valence-electron chi connectivity index (χ4n) is 2.27. The number of ether oxygens (including phenoxy) is 1. The maximum absolute atomic E-state index is 12.4. The summed E-state index contributed by atoms with van der Waals surface area (Å²) in [4.78, 5) is 12.4. The summed E-state index contributed by atoms with van der Waals surface area (Å²) in [7, 11) is 0. The van der Waals surface area contributed by atoms with Crippen LogP contribution in [0.5, 0.6) is 11.5 Å². The van der Waals surface area contributed by atoms with E-state index in [0.29, 0.717) is 22.7 Å². The molecule has 3 rings (SSSR count). The molecule has 1 amide bonds. The molecular weight excluding hydrogens is 300 g/mol. The van der Waals surface area contributed by atoms with Crippen molar-refractivity contribution in [2.75, 3.05) is 11.1 Å². The SMILES string of the molecule is Cc1ccc(N)cc1NC(=O)c1ccc(Oc2ccccc2)cc1. The van der Waals surface area contributed by atoms with Crippen molar-refractivity contribution in [2.45, 2.75) is 6.92 Å². The van der Waals surface area contributed by atoms with Gasteiger partial charge in [-0.15, -0.1) is 0 Å². The molecule has 0 aliphatic rings. The second-order valence-electron chi connectivity index (χ2n) is 5.47. The molecule has 0 radical (unpaired) electrons. The molecule has 0 atom stereocenters. The maximum Gasteiger partial charge on any atom is 0.255 e. The van der Waals surface area contributed by atoms with Crippen molar-refractivity contribution in [3.63, 3.8) is 0 Å². The zero-order valence-electron chi connectivity index (χ0n) is 13.3. The van der Waals surface area contributed by atoms with Crippen molar-refractivity contribution in [2.24, 2.45) is 0 Å². The van der Waals surface area contributed by atoms with E-state index in [0.717, 1.165) is 11.3 Å². The summed E-state index contributed by atoms with van der Waals surface area (Å²) in [6.07, 6.45) is 0. The third-order valence-electron chi connectivity index (χ3n) is 3.61. The van der Waals surface area contributed by atoms with Crippen LogP contribution < -0.4 is 15.8 Å². The fourth-order valence-corrected chi connectivity index (χ4v) is 2.27. The van der Waals surface area contributed by atoms with Crippen LogP contribution in [-0.4, -0.2) is 5.91 Å². The quantitative estimate of drug-likeness (QED) is 0.690. The minimum atomic E-state index is -0.185. The van der Waals surface area contributed by atoms with Gasteiger partial charge >= 0.3 is 0 Å². The van der Waals surface area contributed by atoms with E-state index in [1.165, 1.54) is 0 Å². The Labute approximate surface area is 140 Å². The highest BCUT2D eigenvalue weighted by atomic mass is 16.5. The van der Waals surface area contributed by atoms with Crippen LogP contribution >= 0.6 is 0 Å². The number of benzene rings is 3. The minimum Gasteiger partial charge on any atom is -0.457 e. The van der Waals surface area contributed by atoms with Crippen LogP contribution in [0.2, 0.25) is 0 Å². The van der Waals surface area contributed by atoms with E-state index in [9.17, 15) is 4.79 Å². The number of hydrogen-bond donors (Lipinski definition) is 2. The first-order valence-electron chi connectivity index (χ1n) is 7.62. The summed E-state index contributed by atoms with van der Waals surface area (Å²) in [5.74, 6) is 1.25. The van der Waals surface area contributed by atoms with Gasteiger partial charge in [-0.1, -0.05) is 24.3 Å². The van der Waals surface area contributed by atoms with Crippen LogP contribution in [0.25, 0.3) is 0 Å². The molecule has 3 aromatic carbocycles. The van der Waals surface area contributed by atoms with E-state index in [-0.39, 0.29) is 5.91 Å². The van der Waals surface area contributed by atoms with Crippen molar-refractivity contribution >= 4 is 17.3 Å². The Balaban J connectivity index is 1.71. The van der Waals surface area contributed by atoms with E-state index in [1.54, 1.807) is 36.4 Å². The molecule has 120 valence electrons. The van der Waals surface area contributed by atoms with Crippen LogP contribution in [0.15, 0.2) is 72.8 Å². The van der Waals surface area contributed by atoms with Crippen LogP contribution in [0.1, 0.15) is 15.9 Å². The molecule has 0 aliphatic carbocycles. The van der Waals surface area contributed by atoms with Crippen molar-refractivity contribution in [3.05, 3.63) is 83.9 Å². The lowest BCUT2D eigenvalue weighted by Gasteiger charge is -2.10. The molecule has 0 bridgehead atoms. The standard InChI is InChI=1S/C20H18N2O2/c1-14-7-10-16(21)13-19(14)22-20(23)15-8-11-18(12-9-15)24-17-5-3-2-4-6-17/h2-13H,21H2,1H3,(H,22,23). The number of carbonyl (C=O) groups is 1. The lowest BCUT2D eigenvalue weighted by molar-refractivity contribution is 0.102. The second-order valence-corrected chi connectivity index (χ2v) is 5.47. The van der Waals surface area contributed by atoms with Crippen LogP contribution in [-0.2, 0) is 0 Å². The van der Waals surface area contributed by atoms with Gasteiger partial charge in [0, 0.05) is 16.9 Å². The summed E-state index contributed by atoms with van der Waals surface area (Å²) in [6, 6.07) is 21.9. The number of amides is 1. The second kappa shape index (κ2) is 6.87. The zero-order chi connectivity index (χ0) is 16.9. The highest BCUT2D eigenvalue weighted by Gasteiger charge is 2.08. The molecule has 0 fully saturated rings. The molecule has 4 nitrogen and oxygen atoms in total. The van der Waals surface area contributed by atoms with Crippen molar-refractivity contribution in [3.8, 4) is 11.5 Å². The maximum atomic E-state index is 12.4. The third kappa shape index (κ3) is 3.73. The van der Waals surface area contributed by atoms with Gasteiger partial charge in [0.1, 0.15) is 11.5 Å². The zero-order valence-corrected chi connectivity index (χ0v) is 13.3. The lowest BCUT2D eigenvalue weighted by Crippen LogP contribution is -2.12. The number of para-hydroxylation sites is 1. The van der Waals surface area contributed by atoms with Gasteiger partial charge in [-0.05, 0) is 61.0 Å². The Morgan fingerprint density at radius 1 is 0.917 bits per heavy atom. The van der Waals surface area contributed by atoms with Gasteiger partial charge in [0.15, 0.2) is 0 Å². The number of hydrogen-bond acceptors (Lipinski definition) is 3. The summed E-state index contributed by atoms with van der Waals surface area (Å²) < 4.78 is 5.72. The molecule has 0 aliphatic heterocycles. The predicted octanol–water partition coefficient (Wildman–Crippen LogP) is 4.62. The number of rotatable bonds is 4. The number of aryl methyl sites for hydroxylation is 1. The third-order valence-corrected chi connectivity index (χ3v) is 3.61. The topological polar surface area (TPSA) is 64.3 Å². The lowest BCUT2D eigenvalue weighted by atomic mass is 10.1. The molecule has 0 heterocycles. The van der Waals surface area contributed by atoms with Crippen LogP contribution in [0.4, 0.5) is 11.4 Å². The van der Waals surface area contributed by atoms with Crippen molar-refractivity contribution in [1.82, 2.24) is 0 Å². The number of nitrogens with one attached hydrogen (secondary N) is 1. The molecule has 24 heavy (non-hydrogen) atoms. The first-order chi connectivity index (χ1) is 11.6. The molecule has 0 saturated heterocycles. The fraction of sp³-hybridized carbons (Fsp3) is 0.0500. The predicted molar refractivity (Wildman–Crippen MR) is 96.5 cm³/mol. The molecule has 0 spiro atoms. The van der Waals surface area contributed by atoms with Gasteiger partial charge in [-0.25, -0.2) is 0 Å². The molecule has 4 heteroatoms. The van der Waals surface area contributed by atoms with Gasteiger partial charge in [-0.2, -0.15) is 0 Å². The van der Waals surface area contributed by atoms with Crippen molar-refractivity contribution < 1.29 is 9.53 Å². The van der Waals surface area contributed by atoms with E-state index < -0.39 is 0 Å². The number of nitrogens with two attached hydrogens (primary N) is 1. The highest BCUT2D eigenvalue weighted by Crippen LogP contribution is 2.22. The van der Waals surface area contributed by atoms with Gasteiger partial charge in [0.05, 0.1) is 0 Å². The number of anilines is 2. The highest BCUT2D eigenvalue weighted by molar-refractivity contribution is 6.04. The molecule has 0 unspecified atom stereocenters. The average molecular weight is 318 g/mol. The van der Waals surface area contributed by atoms with Crippen LogP contribution in [0.3, 0.4) is 0 Å². The normalized spacial score (nSPS) is 10.2. The van der Waals surface area contributed by atoms with E-state index in [4.69, 9.17) is 10.5 Å². The molecule has 0 aromatic heterocycles. The van der Waals surface area contributed by atoms with Crippen LogP contribution in [0, 0.1) is 6.92 Å². The Morgan fingerprint density at radius 3 is 2.29 bits per heavy atom. The van der Waals surface area contributed by atoms with Crippen molar-refractivity contribution in [1.29, 1.82) is 0 Å². The molecule has 3 N–H and O–H groups in total.